The van der Waals surface area contributed by atoms with Gasteiger partial charge in [-0.3, -0.25) is 0 Å². The van der Waals surface area contributed by atoms with Gasteiger partial charge >= 0.3 is 6.36 Å². The molecule has 0 bridgehead atoms. The van der Waals surface area contributed by atoms with Gasteiger partial charge in [0.15, 0.2) is 11.6 Å². The second-order valence-corrected chi connectivity index (χ2v) is 1.99. The second kappa shape index (κ2) is 3.15. The molecule has 0 aliphatic heterocycles. The van der Waals surface area contributed by atoms with E-state index < -0.39 is 23.9 Å². The van der Waals surface area contributed by atoms with Crippen LogP contribution in [0.25, 0.3) is 0 Å². The van der Waals surface area contributed by atoms with Gasteiger partial charge in [0.2, 0.25) is 5.95 Å². The smallest absolute Gasteiger partial charge is 0.402 e. The Morgan fingerprint density at radius 2 is 1.85 bits per heavy atom. The Hall–Kier alpha value is -1.40. The lowest BCUT2D eigenvalue weighted by Gasteiger charge is -2.08. The van der Waals surface area contributed by atoms with Crippen molar-refractivity contribution in [3.05, 3.63) is 24.0 Å². The monoisotopic (exact) mass is 199 g/mol. The van der Waals surface area contributed by atoms with Crippen molar-refractivity contribution in [2.45, 2.75) is 6.36 Å². The topological polar surface area (TPSA) is 22.1 Å². The number of aromatic nitrogens is 1. The van der Waals surface area contributed by atoms with Gasteiger partial charge < -0.3 is 4.74 Å². The van der Waals surface area contributed by atoms with Crippen LogP contribution in [0.1, 0.15) is 0 Å². The standard InChI is InChI=1S/C6H2F5NO/c7-3-2-12-5(8)1-4(3)13-6(9,10)11/h1-2H. The molecule has 0 radical (unpaired) electrons. The molecule has 1 aromatic heterocycles. The normalized spacial score (nSPS) is 11.5. The van der Waals surface area contributed by atoms with Gasteiger partial charge in [-0.2, -0.15) is 4.39 Å². The molecule has 0 spiro atoms. The molecule has 1 heterocycles. The van der Waals surface area contributed by atoms with E-state index >= 15 is 0 Å². The molecule has 0 fully saturated rings. The summed E-state index contributed by atoms with van der Waals surface area (Å²) in [5, 5.41) is 0. The van der Waals surface area contributed by atoms with Gasteiger partial charge in [0.05, 0.1) is 6.20 Å². The number of nitrogens with zero attached hydrogens (tertiary/aromatic N) is 1. The molecule has 0 aliphatic carbocycles. The van der Waals surface area contributed by atoms with Crippen molar-refractivity contribution in [1.29, 1.82) is 0 Å². The fourth-order valence-electron chi connectivity index (χ4n) is 0.599. The number of hydrogen-bond donors (Lipinski definition) is 0. The number of halogens is 5. The van der Waals surface area contributed by atoms with Crippen molar-refractivity contribution in [2.75, 3.05) is 0 Å². The van der Waals surface area contributed by atoms with E-state index in [1.165, 1.54) is 0 Å². The zero-order valence-electron chi connectivity index (χ0n) is 5.90. The number of rotatable bonds is 1. The summed E-state index contributed by atoms with van der Waals surface area (Å²) < 4.78 is 62.4. The molecular formula is C6H2F5NO. The number of alkyl halides is 3. The summed E-state index contributed by atoms with van der Waals surface area (Å²) in [7, 11) is 0. The first kappa shape index (κ1) is 9.69. The minimum absolute atomic E-state index is 0.211. The maximum Gasteiger partial charge on any atom is 0.573 e. The predicted octanol–water partition coefficient (Wildman–Crippen LogP) is 2.26. The van der Waals surface area contributed by atoms with Gasteiger partial charge in [-0.05, 0) is 0 Å². The quantitative estimate of drug-likeness (QED) is 0.511. The van der Waals surface area contributed by atoms with Crippen molar-refractivity contribution in [3.8, 4) is 5.75 Å². The first-order valence-corrected chi connectivity index (χ1v) is 2.95. The highest BCUT2D eigenvalue weighted by Crippen LogP contribution is 2.24. The van der Waals surface area contributed by atoms with Crippen LogP contribution >= 0.6 is 0 Å². The van der Waals surface area contributed by atoms with Gasteiger partial charge in [0.25, 0.3) is 0 Å². The van der Waals surface area contributed by atoms with Crippen LogP contribution in [0.3, 0.4) is 0 Å². The number of ether oxygens (including phenoxy) is 1. The Morgan fingerprint density at radius 1 is 1.23 bits per heavy atom. The molecule has 0 amide bonds. The Morgan fingerprint density at radius 3 is 2.38 bits per heavy atom. The van der Waals surface area contributed by atoms with E-state index in [0.29, 0.717) is 6.20 Å². The average molecular weight is 199 g/mol. The van der Waals surface area contributed by atoms with Gasteiger partial charge in [-0.1, -0.05) is 0 Å². The summed E-state index contributed by atoms with van der Waals surface area (Å²) >= 11 is 0. The minimum Gasteiger partial charge on any atom is -0.402 e. The predicted molar refractivity (Wildman–Crippen MR) is 30.8 cm³/mol. The van der Waals surface area contributed by atoms with Crippen molar-refractivity contribution >= 4 is 0 Å². The third kappa shape index (κ3) is 2.85. The van der Waals surface area contributed by atoms with Crippen molar-refractivity contribution in [2.24, 2.45) is 0 Å². The van der Waals surface area contributed by atoms with Crippen molar-refractivity contribution in [3.63, 3.8) is 0 Å². The van der Waals surface area contributed by atoms with E-state index in [2.05, 4.69) is 9.72 Å². The largest absolute Gasteiger partial charge is 0.573 e. The highest BCUT2D eigenvalue weighted by molar-refractivity contribution is 5.20. The summed E-state index contributed by atoms with van der Waals surface area (Å²) in [6.07, 6.45) is -4.75. The lowest BCUT2D eigenvalue weighted by molar-refractivity contribution is -0.275. The van der Waals surface area contributed by atoms with E-state index in [1.54, 1.807) is 0 Å². The average Bonchev–Trinajstić information content (AvgIpc) is 1.94. The SMILES string of the molecule is Fc1cc(OC(F)(F)F)c(F)cn1. The Bertz CT molecular complexity index is 310. The molecular weight excluding hydrogens is 197 g/mol. The summed E-state index contributed by atoms with van der Waals surface area (Å²) in [4.78, 5) is 2.78. The lowest BCUT2D eigenvalue weighted by atomic mass is 10.4. The molecule has 1 rings (SSSR count). The molecule has 0 aliphatic rings. The van der Waals surface area contributed by atoms with Gasteiger partial charge in [-0.25, -0.2) is 9.37 Å². The number of pyridine rings is 1. The third-order valence-corrected chi connectivity index (χ3v) is 1.01. The Balaban J connectivity index is 2.94. The van der Waals surface area contributed by atoms with Crippen LogP contribution in [0.5, 0.6) is 5.75 Å². The fourth-order valence-corrected chi connectivity index (χ4v) is 0.599. The molecule has 72 valence electrons. The fraction of sp³-hybridized carbons (Fsp3) is 0.167. The molecule has 13 heavy (non-hydrogen) atoms. The van der Waals surface area contributed by atoms with Gasteiger partial charge in [0, 0.05) is 6.07 Å². The molecule has 0 saturated heterocycles. The van der Waals surface area contributed by atoms with E-state index in [-0.39, 0.29) is 6.07 Å². The van der Waals surface area contributed by atoms with Gasteiger partial charge in [0.1, 0.15) is 0 Å². The third-order valence-electron chi connectivity index (χ3n) is 1.01. The molecule has 1 aromatic rings. The van der Waals surface area contributed by atoms with E-state index in [4.69, 9.17) is 0 Å². The van der Waals surface area contributed by atoms with Crippen LogP contribution in [0.2, 0.25) is 0 Å². The molecule has 0 aromatic carbocycles. The van der Waals surface area contributed by atoms with Crippen molar-refractivity contribution < 1.29 is 26.7 Å². The summed E-state index contributed by atoms with van der Waals surface area (Å²) in [6.45, 7) is 0. The summed E-state index contributed by atoms with van der Waals surface area (Å²) in [6, 6.07) is 0.211. The Labute approximate surface area is 69.0 Å². The second-order valence-electron chi connectivity index (χ2n) is 1.99. The molecule has 0 unspecified atom stereocenters. The molecule has 0 N–H and O–H groups in total. The van der Waals surface area contributed by atoms with E-state index in [0.717, 1.165) is 0 Å². The van der Waals surface area contributed by atoms with Crippen LogP contribution in [0, 0.1) is 11.8 Å². The summed E-state index contributed by atoms with van der Waals surface area (Å²) in [5.74, 6) is -3.86. The van der Waals surface area contributed by atoms with E-state index in [1.807, 2.05) is 0 Å². The van der Waals surface area contributed by atoms with Crippen molar-refractivity contribution in [1.82, 2.24) is 4.98 Å². The van der Waals surface area contributed by atoms with Gasteiger partial charge in [-0.15, -0.1) is 13.2 Å². The maximum absolute atomic E-state index is 12.4. The zero-order valence-corrected chi connectivity index (χ0v) is 5.90. The highest BCUT2D eigenvalue weighted by Gasteiger charge is 2.32. The molecule has 2 nitrogen and oxygen atoms in total. The first-order chi connectivity index (χ1) is 5.88. The molecule has 0 atom stereocenters. The number of hydrogen-bond acceptors (Lipinski definition) is 2. The van der Waals surface area contributed by atoms with Crippen LogP contribution in [0.15, 0.2) is 12.3 Å². The lowest BCUT2D eigenvalue weighted by Crippen LogP contribution is -2.18. The maximum atomic E-state index is 12.4. The minimum atomic E-state index is -5.05. The van der Waals surface area contributed by atoms with Crippen LogP contribution in [0.4, 0.5) is 22.0 Å². The highest BCUT2D eigenvalue weighted by atomic mass is 19.4. The van der Waals surface area contributed by atoms with Crippen LogP contribution in [-0.2, 0) is 0 Å². The molecule has 7 heteroatoms. The van der Waals surface area contributed by atoms with E-state index in [9.17, 15) is 22.0 Å². The van der Waals surface area contributed by atoms with Crippen LogP contribution < -0.4 is 4.74 Å². The van der Waals surface area contributed by atoms with Crippen LogP contribution in [-0.4, -0.2) is 11.3 Å². The first-order valence-electron chi connectivity index (χ1n) is 2.95. The Kier molecular flexibility index (Phi) is 2.35. The summed E-state index contributed by atoms with van der Waals surface area (Å²) in [5.41, 5.74) is 0. The molecule has 0 saturated carbocycles. The zero-order chi connectivity index (χ0) is 10.1.